The van der Waals surface area contributed by atoms with Gasteiger partial charge in [0.1, 0.15) is 5.82 Å². The minimum Gasteiger partial charge on any atom is -0.338 e. The van der Waals surface area contributed by atoms with E-state index in [1.54, 1.807) is 0 Å². The highest BCUT2D eigenvalue weighted by atomic mass is 15.0. The smallest absolute Gasteiger partial charge is 0.108 e. The second-order valence-corrected chi connectivity index (χ2v) is 5.16. The van der Waals surface area contributed by atoms with Gasteiger partial charge in [0.2, 0.25) is 0 Å². The number of aromatic nitrogens is 2. The monoisotopic (exact) mass is 257 g/mol. The van der Waals surface area contributed by atoms with E-state index in [1.165, 1.54) is 11.1 Å². The molecule has 0 saturated heterocycles. The standard InChI is InChI=1S/C16H23N3/c1-13-5-4-6-14(11-13)15(12-17-2)7-8-16-18-9-10-19(16)3/h4-6,9-11,15,17H,7-8,12H2,1-3H3. The predicted octanol–water partition coefficient (Wildman–Crippen LogP) is 2.66. The lowest BCUT2D eigenvalue weighted by Crippen LogP contribution is -2.18. The van der Waals surface area contributed by atoms with Crippen molar-refractivity contribution in [1.82, 2.24) is 14.9 Å². The van der Waals surface area contributed by atoms with E-state index in [0.717, 1.165) is 25.2 Å². The van der Waals surface area contributed by atoms with Gasteiger partial charge in [-0.15, -0.1) is 0 Å². The topological polar surface area (TPSA) is 29.9 Å². The van der Waals surface area contributed by atoms with Crippen molar-refractivity contribution in [3.8, 4) is 0 Å². The SMILES string of the molecule is CNCC(CCc1nccn1C)c1cccc(C)c1. The van der Waals surface area contributed by atoms with Crippen molar-refractivity contribution in [2.45, 2.75) is 25.7 Å². The largest absolute Gasteiger partial charge is 0.338 e. The molecular formula is C16H23N3. The number of hydrogen-bond acceptors (Lipinski definition) is 2. The molecule has 0 aliphatic rings. The van der Waals surface area contributed by atoms with Crippen molar-refractivity contribution < 1.29 is 0 Å². The number of aryl methyl sites for hydroxylation is 3. The number of hydrogen-bond donors (Lipinski definition) is 1. The Bertz CT molecular complexity index is 516. The maximum atomic E-state index is 4.40. The van der Waals surface area contributed by atoms with Gasteiger partial charge in [0.05, 0.1) is 0 Å². The Morgan fingerprint density at radius 3 is 2.84 bits per heavy atom. The van der Waals surface area contributed by atoms with E-state index in [1.807, 2.05) is 19.4 Å². The van der Waals surface area contributed by atoms with Gasteiger partial charge in [-0.25, -0.2) is 4.98 Å². The van der Waals surface area contributed by atoms with Crippen LogP contribution in [0.3, 0.4) is 0 Å². The average Bonchev–Trinajstić information content (AvgIpc) is 2.80. The Kier molecular flexibility index (Phi) is 4.74. The Morgan fingerprint density at radius 2 is 2.21 bits per heavy atom. The molecule has 0 spiro atoms. The molecule has 1 N–H and O–H groups in total. The zero-order valence-corrected chi connectivity index (χ0v) is 12.1. The van der Waals surface area contributed by atoms with Crippen molar-refractivity contribution in [3.05, 3.63) is 53.6 Å². The molecule has 3 heteroatoms. The van der Waals surface area contributed by atoms with Gasteiger partial charge in [-0.2, -0.15) is 0 Å². The van der Waals surface area contributed by atoms with Gasteiger partial charge in [-0.3, -0.25) is 0 Å². The number of benzene rings is 1. The summed E-state index contributed by atoms with van der Waals surface area (Å²) in [5.41, 5.74) is 2.75. The fraction of sp³-hybridized carbons (Fsp3) is 0.438. The lowest BCUT2D eigenvalue weighted by Gasteiger charge is -2.17. The van der Waals surface area contributed by atoms with Gasteiger partial charge in [0, 0.05) is 32.4 Å². The molecule has 1 aromatic heterocycles. The van der Waals surface area contributed by atoms with Crippen molar-refractivity contribution in [3.63, 3.8) is 0 Å². The summed E-state index contributed by atoms with van der Waals surface area (Å²) in [5.74, 6) is 1.70. The first-order valence-corrected chi connectivity index (χ1v) is 6.88. The van der Waals surface area contributed by atoms with Crippen LogP contribution >= 0.6 is 0 Å². The minimum absolute atomic E-state index is 0.543. The molecule has 1 atom stereocenters. The molecule has 19 heavy (non-hydrogen) atoms. The Hall–Kier alpha value is -1.61. The maximum Gasteiger partial charge on any atom is 0.108 e. The summed E-state index contributed by atoms with van der Waals surface area (Å²) < 4.78 is 2.10. The fourth-order valence-corrected chi connectivity index (χ4v) is 2.50. The molecule has 1 aromatic carbocycles. The van der Waals surface area contributed by atoms with Crippen LogP contribution in [0.4, 0.5) is 0 Å². The molecule has 3 nitrogen and oxygen atoms in total. The summed E-state index contributed by atoms with van der Waals surface area (Å²) in [6, 6.07) is 8.82. The Morgan fingerprint density at radius 1 is 1.37 bits per heavy atom. The molecular weight excluding hydrogens is 234 g/mol. The lowest BCUT2D eigenvalue weighted by molar-refractivity contribution is 0.568. The van der Waals surface area contributed by atoms with E-state index in [0.29, 0.717) is 5.92 Å². The Balaban J connectivity index is 2.06. The molecule has 0 saturated carbocycles. The summed E-state index contributed by atoms with van der Waals surface area (Å²) >= 11 is 0. The van der Waals surface area contributed by atoms with Crippen LogP contribution in [0.1, 0.15) is 29.3 Å². The highest BCUT2D eigenvalue weighted by Crippen LogP contribution is 2.21. The number of rotatable bonds is 6. The first kappa shape index (κ1) is 13.8. The zero-order chi connectivity index (χ0) is 13.7. The molecule has 0 bridgehead atoms. The highest BCUT2D eigenvalue weighted by molar-refractivity contribution is 5.26. The van der Waals surface area contributed by atoms with Gasteiger partial charge in [0.15, 0.2) is 0 Å². The maximum absolute atomic E-state index is 4.40. The van der Waals surface area contributed by atoms with Crippen molar-refractivity contribution in [1.29, 1.82) is 0 Å². The average molecular weight is 257 g/mol. The molecule has 2 rings (SSSR count). The highest BCUT2D eigenvalue weighted by Gasteiger charge is 2.12. The minimum atomic E-state index is 0.543. The third-order valence-corrected chi connectivity index (χ3v) is 3.60. The first-order valence-electron chi connectivity index (χ1n) is 6.88. The lowest BCUT2D eigenvalue weighted by atomic mass is 9.93. The quantitative estimate of drug-likeness (QED) is 0.862. The summed E-state index contributed by atoms with van der Waals surface area (Å²) in [5, 5.41) is 3.30. The molecule has 0 radical (unpaired) electrons. The molecule has 1 unspecified atom stereocenters. The van der Waals surface area contributed by atoms with Gasteiger partial charge in [-0.05, 0) is 31.9 Å². The Labute approximate surface area is 115 Å². The molecule has 0 aliphatic heterocycles. The van der Waals surface area contributed by atoms with E-state index in [4.69, 9.17) is 0 Å². The third kappa shape index (κ3) is 3.67. The van der Waals surface area contributed by atoms with Crippen LogP contribution in [0, 0.1) is 6.92 Å². The van der Waals surface area contributed by atoms with Crippen LogP contribution < -0.4 is 5.32 Å². The van der Waals surface area contributed by atoms with E-state index in [9.17, 15) is 0 Å². The van der Waals surface area contributed by atoms with Crippen LogP contribution in [0.5, 0.6) is 0 Å². The number of likely N-dealkylation sites (N-methyl/N-ethyl adjacent to an activating group) is 1. The predicted molar refractivity (Wildman–Crippen MR) is 79.4 cm³/mol. The second kappa shape index (κ2) is 6.53. The number of nitrogens with one attached hydrogen (secondary N) is 1. The van der Waals surface area contributed by atoms with E-state index in [-0.39, 0.29) is 0 Å². The van der Waals surface area contributed by atoms with Crippen LogP contribution in [0.25, 0.3) is 0 Å². The van der Waals surface area contributed by atoms with E-state index >= 15 is 0 Å². The summed E-state index contributed by atoms with van der Waals surface area (Å²) in [6.45, 7) is 3.16. The third-order valence-electron chi connectivity index (χ3n) is 3.60. The normalized spacial score (nSPS) is 12.6. The summed E-state index contributed by atoms with van der Waals surface area (Å²) in [7, 11) is 4.08. The number of nitrogens with zero attached hydrogens (tertiary/aromatic N) is 2. The van der Waals surface area contributed by atoms with Crippen molar-refractivity contribution >= 4 is 0 Å². The van der Waals surface area contributed by atoms with Crippen molar-refractivity contribution in [2.24, 2.45) is 7.05 Å². The van der Waals surface area contributed by atoms with Crippen LogP contribution in [0.15, 0.2) is 36.7 Å². The summed E-state index contributed by atoms with van der Waals surface area (Å²) in [4.78, 5) is 4.40. The van der Waals surface area contributed by atoms with Gasteiger partial charge >= 0.3 is 0 Å². The van der Waals surface area contributed by atoms with Gasteiger partial charge < -0.3 is 9.88 Å². The van der Waals surface area contributed by atoms with E-state index < -0.39 is 0 Å². The van der Waals surface area contributed by atoms with E-state index in [2.05, 4.69) is 53.1 Å². The molecule has 0 fully saturated rings. The van der Waals surface area contributed by atoms with Gasteiger partial charge in [-0.1, -0.05) is 29.8 Å². The molecule has 0 aliphatic carbocycles. The van der Waals surface area contributed by atoms with Crippen LogP contribution in [0.2, 0.25) is 0 Å². The number of imidazole rings is 1. The van der Waals surface area contributed by atoms with Crippen molar-refractivity contribution in [2.75, 3.05) is 13.6 Å². The molecule has 0 amide bonds. The zero-order valence-electron chi connectivity index (χ0n) is 12.1. The fourth-order valence-electron chi connectivity index (χ4n) is 2.50. The van der Waals surface area contributed by atoms with Gasteiger partial charge in [0.25, 0.3) is 0 Å². The molecule has 1 heterocycles. The van der Waals surface area contributed by atoms with Crippen LogP contribution in [-0.4, -0.2) is 23.1 Å². The molecule has 102 valence electrons. The second-order valence-electron chi connectivity index (χ2n) is 5.16. The summed E-state index contributed by atoms with van der Waals surface area (Å²) in [6.07, 6.45) is 6.02. The first-order chi connectivity index (χ1) is 9.20. The molecule has 2 aromatic rings. The van der Waals surface area contributed by atoms with Crippen LogP contribution in [-0.2, 0) is 13.5 Å².